The lowest BCUT2D eigenvalue weighted by atomic mass is 10.1. The quantitative estimate of drug-likeness (QED) is 0.807. The Balaban J connectivity index is 1.50. The third kappa shape index (κ3) is 4.74. The number of carbonyl (C=O) groups excluding carboxylic acids is 3. The number of anilines is 2. The Hall–Kier alpha value is -3.66. The molecule has 0 saturated carbocycles. The molecular weight excluding hydrogens is 356 g/mol. The van der Waals surface area contributed by atoms with Crippen LogP contribution in [0.3, 0.4) is 0 Å². The molecule has 0 unspecified atom stereocenters. The second-order valence-corrected chi connectivity index (χ2v) is 6.46. The summed E-state index contributed by atoms with van der Waals surface area (Å²) >= 11 is 0. The zero-order chi connectivity index (χ0) is 19.9. The number of hydrogen-bond acceptors (Lipinski definition) is 4. The predicted molar refractivity (Wildman–Crippen MR) is 105 cm³/mol. The number of carbonyl (C=O) groups is 3. The van der Waals surface area contributed by atoms with Gasteiger partial charge in [0.1, 0.15) is 0 Å². The molecule has 1 aliphatic rings. The van der Waals surface area contributed by atoms with Crippen LogP contribution in [-0.2, 0) is 16.0 Å². The number of nitrogens with one attached hydrogen (secondary N) is 2. The van der Waals surface area contributed by atoms with Crippen molar-refractivity contribution in [3.63, 3.8) is 0 Å². The van der Waals surface area contributed by atoms with Crippen LogP contribution in [-0.4, -0.2) is 30.8 Å². The number of nitrogens with zero attached hydrogens (tertiary/aromatic N) is 2. The van der Waals surface area contributed by atoms with E-state index in [4.69, 9.17) is 5.26 Å². The summed E-state index contributed by atoms with van der Waals surface area (Å²) in [6.07, 6.45) is 1.71. The molecule has 2 aromatic rings. The van der Waals surface area contributed by atoms with E-state index >= 15 is 0 Å². The summed E-state index contributed by atoms with van der Waals surface area (Å²) in [5.41, 5.74) is 2.66. The lowest BCUT2D eigenvalue weighted by Crippen LogP contribution is -2.32. The molecule has 1 heterocycles. The number of benzene rings is 2. The first-order valence-corrected chi connectivity index (χ1v) is 9.01. The van der Waals surface area contributed by atoms with Crippen LogP contribution in [0.15, 0.2) is 48.5 Å². The van der Waals surface area contributed by atoms with Gasteiger partial charge in [0, 0.05) is 29.9 Å². The van der Waals surface area contributed by atoms with Gasteiger partial charge in [0.05, 0.1) is 19.0 Å². The van der Waals surface area contributed by atoms with Crippen LogP contribution in [0.25, 0.3) is 0 Å². The van der Waals surface area contributed by atoms with Gasteiger partial charge in [-0.2, -0.15) is 5.26 Å². The molecule has 7 nitrogen and oxygen atoms in total. The molecule has 0 aromatic heterocycles. The van der Waals surface area contributed by atoms with Gasteiger partial charge in [-0.05, 0) is 48.4 Å². The van der Waals surface area contributed by atoms with Gasteiger partial charge in [0.15, 0.2) is 0 Å². The monoisotopic (exact) mass is 376 g/mol. The Labute approximate surface area is 163 Å². The smallest absolute Gasteiger partial charge is 0.251 e. The number of amides is 3. The van der Waals surface area contributed by atoms with Crippen LogP contribution in [0.4, 0.5) is 11.4 Å². The molecule has 2 aromatic carbocycles. The molecule has 3 amide bonds. The summed E-state index contributed by atoms with van der Waals surface area (Å²) in [6.45, 7) is 0.535. The average Bonchev–Trinajstić information content (AvgIpc) is 3.14. The molecule has 1 saturated heterocycles. The Morgan fingerprint density at radius 2 is 1.79 bits per heavy atom. The van der Waals surface area contributed by atoms with Gasteiger partial charge in [-0.25, -0.2) is 0 Å². The highest BCUT2D eigenvalue weighted by Gasteiger charge is 2.21. The van der Waals surface area contributed by atoms with E-state index in [1.54, 1.807) is 53.4 Å². The summed E-state index contributed by atoms with van der Waals surface area (Å²) in [5, 5.41) is 13.9. The van der Waals surface area contributed by atoms with E-state index in [1.165, 1.54) is 0 Å². The minimum absolute atomic E-state index is 0.0922. The molecule has 3 rings (SSSR count). The van der Waals surface area contributed by atoms with Crippen molar-refractivity contribution < 1.29 is 14.4 Å². The predicted octanol–water partition coefficient (Wildman–Crippen LogP) is 2.25. The highest BCUT2D eigenvalue weighted by atomic mass is 16.2. The zero-order valence-electron chi connectivity index (χ0n) is 15.3. The number of nitriles is 1. The van der Waals surface area contributed by atoms with Crippen molar-refractivity contribution >= 4 is 29.1 Å². The van der Waals surface area contributed by atoms with E-state index in [9.17, 15) is 14.4 Å². The fraction of sp³-hybridized carbons (Fsp3) is 0.238. The second-order valence-electron chi connectivity index (χ2n) is 6.46. The van der Waals surface area contributed by atoms with Crippen LogP contribution in [0.2, 0.25) is 0 Å². The van der Waals surface area contributed by atoms with E-state index in [-0.39, 0.29) is 24.3 Å². The third-order valence-corrected chi connectivity index (χ3v) is 4.44. The van der Waals surface area contributed by atoms with E-state index in [0.29, 0.717) is 30.6 Å². The van der Waals surface area contributed by atoms with Crippen molar-refractivity contribution in [1.82, 2.24) is 5.32 Å². The first-order valence-electron chi connectivity index (χ1n) is 9.01. The van der Waals surface area contributed by atoms with Gasteiger partial charge < -0.3 is 15.5 Å². The van der Waals surface area contributed by atoms with Crippen molar-refractivity contribution in [2.24, 2.45) is 0 Å². The number of rotatable bonds is 6. The van der Waals surface area contributed by atoms with E-state index in [0.717, 1.165) is 17.7 Å². The molecule has 0 aliphatic carbocycles. The van der Waals surface area contributed by atoms with Gasteiger partial charge in [-0.15, -0.1) is 0 Å². The lowest BCUT2D eigenvalue weighted by Gasteiger charge is -2.15. The summed E-state index contributed by atoms with van der Waals surface area (Å²) in [6, 6.07) is 15.8. The molecule has 2 N–H and O–H groups in total. The third-order valence-electron chi connectivity index (χ3n) is 4.44. The highest BCUT2D eigenvalue weighted by molar-refractivity contribution is 6.00. The summed E-state index contributed by atoms with van der Waals surface area (Å²) in [7, 11) is 0. The topological polar surface area (TPSA) is 102 Å². The van der Waals surface area contributed by atoms with Crippen molar-refractivity contribution in [2.75, 3.05) is 23.3 Å². The maximum Gasteiger partial charge on any atom is 0.251 e. The standard InChI is InChI=1S/C21H20N4O3/c22-12-11-15-3-7-17(8-4-15)24-19(26)14-23-21(28)16-5-9-18(10-6-16)25-13-1-2-20(25)27/h3-10H,1-2,11,13-14H2,(H,23,28)(H,24,26). The summed E-state index contributed by atoms with van der Waals surface area (Å²) in [5.74, 6) is -0.617. The SMILES string of the molecule is N#CCc1ccc(NC(=O)CNC(=O)c2ccc(N3CCCC3=O)cc2)cc1. The number of hydrogen-bond donors (Lipinski definition) is 2. The maximum absolute atomic E-state index is 12.2. The van der Waals surface area contributed by atoms with Gasteiger partial charge in [-0.3, -0.25) is 14.4 Å². The first-order chi connectivity index (χ1) is 13.6. The van der Waals surface area contributed by atoms with Crippen molar-refractivity contribution in [1.29, 1.82) is 5.26 Å². The van der Waals surface area contributed by atoms with E-state index in [1.807, 2.05) is 0 Å². The van der Waals surface area contributed by atoms with Crippen LogP contribution < -0.4 is 15.5 Å². The highest BCUT2D eigenvalue weighted by Crippen LogP contribution is 2.21. The molecule has 28 heavy (non-hydrogen) atoms. The van der Waals surface area contributed by atoms with Crippen molar-refractivity contribution in [3.8, 4) is 6.07 Å². The molecule has 0 radical (unpaired) electrons. The van der Waals surface area contributed by atoms with Gasteiger partial charge >= 0.3 is 0 Å². The van der Waals surface area contributed by atoms with Gasteiger partial charge in [0.25, 0.3) is 5.91 Å². The van der Waals surface area contributed by atoms with Crippen molar-refractivity contribution in [3.05, 3.63) is 59.7 Å². The van der Waals surface area contributed by atoms with Crippen molar-refractivity contribution in [2.45, 2.75) is 19.3 Å². The lowest BCUT2D eigenvalue weighted by molar-refractivity contribution is -0.117. The largest absolute Gasteiger partial charge is 0.343 e. The van der Waals surface area contributed by atoms with Crippen LogP contribution in [0.1, 0.15) is 28.8 Å². The average molecular weight is 376 g/mol. The molecule has 142 valence electrons. The minimum Gasteiger partial charge on any atom is -0.343 e. The Morgan fingerprint density at radius 1 is 1.07 bits per heavy atom. The Morgan fingerprint density at radius 3 is 2.39 bits per heavy atom. The fourth-order valence-corrected chi connectivity index (χ4v) is 2.98. The summed E-state index contributed by atoms with van der Waals surface area (Å²) in [4.78, 5) is 37.7. The van der Waals surface area contributed by atoms with E-state index in [2.05, 4.69) is 16.7 Å². The Bertz CT molecular complexity index is 914. The zero-order valence-corrected chi connectivity index (χ0v) is 15.3. The Kier molecular flexibility index (Phi) is 6.02. The fourth-order valence-electron chi connectivity index (χ4n) is 2.98. The van der Waals surface area contributed by atoms with Crippen LogP contribution >= 0.6 is 0 Å². The molecule has 0 spiro atoms. The normalized spacial score (nSPS) is 13.1. The van der Waals surface area contributed by atoms with Gasteiger partial charge in [0.2, 0.25) is 11.8 Å². The molecule has 1 aliphatic heterocycles. The maximum atomic E-state index is 12.2. The van der Waals surface area contributed by atoms with Crippen LogP contribution in [0, 0.1) is 11.3 Å². The van der Waals surface area contributed by atoms with Crippen LogP contribution in [0.5, 0.6) is 0 Å². The summed E-state index contributed by atoms with van der Waals surface area (Å²) < 4.78 is 0. The van der Waals surface area contributed by atoms with E-state index < -0.39 is 0 Å². The molecule has 1 fully saturated rings. The molecular formula is C21H20N4O3. The molecule has 7 heteroatoms. The molecule has 0 atom stereocenters. The molecule has 0 bridgehead atoms. The van der Waals surface area contributed by atoms with Gasteiger partial charge in [-0.1, -0.05) is 12.1 Å². The second kappa shape index (κ2) is 8.82. The minimum atomic E-state index is -0.362. The first kappa shape index (κ1) is 19.1.